The summed E-state index contributed by atoms with van der Waals surface area (Å²) in [6.45, 7) is 2.75. The van der Waals surface area contributed by atoms with Gasteiger partial charge in [0.1, 0.15) is 5.76 Å². The molecule has 5 nitrogen and oxygen atoms in total. The van der Waals surface area contributed by atoms with Crippen molar-refractivity contribution in [1.82, 2.24) is 15.2 Å². The lowest BCUT2D eigenvalue weighted by molar-refractivity contribution is -0.121. The predicted molar refractivity (Wildman–Crippen MR) is 102 cm³/mol. The Balaban J connectivity index is 1.48. The first-order valence-corrected chi connectivity index (χ1v) is 9.76. The molecule has 0 bridgehead atoms. The van der Waals surface area contributed by atoms with E-state index >= 15 is 0 Å². The number of hydrogen-bond donors (Lipinski definition) is 1. The first-order chi connectivity index (χ1) is 12.8. The van der Waals surface area contributed by atoms with Gasteiger partial charge in [-0.25, -0.2) is 0 Å². The van der Waals surface area contributed by atoms with Crippen molar-refractivity contribution < 1.29 is 9.21 Å². The van der Waals surface area contributed by atoms with E-state index in [4.69, 9.17) is 4.42 Å². The topological polar surface area (TPSA) is 58.4 Å². The van der Waals surface area contributed by atoms with Gasteiger partial charge >= 0.3 is 0 Å². The monoisotopic (exact) mass is 355 g/mol. The van der Waals surface area contributed by atoms with E-state index < -0.39 is 0 Å². The molecule has 1 saturated heterocycles. The number of aromatic nitrogens is 1. The molecule has 26 heavy (non-hydrogen) atoms. The molecule has 1 atom stereocenters. The van der Waals surface area contributed by atoms with Gasteiger partial charge < -0.3 is 9.73 Å². The molecular formula is C21H29N3O2. The van der Waals surface area contributed by atoms with Crippen molar-refractivity contribution in [2.24, 2.45) is 0 Å². The average Bonchev–Trinajstić information content (AvgIpc) is 3.06. The minimum atomic E-state index is 0.111. The summed E-state index contributed by atoms with van der Waals surface area (Å²) in [5.41, 5.74) is 1.18. The normalized spacial score (nSPS) is 16.8. The Morgan fingerprint density at radius 3 is 2.73 bits per heavy atom. The number of furan rings is 1. The molecule has 3 rings (SSSR count). The van der Waals surface area contributed by atoms with Gasteiger partial charge in [-0.15, -0.1) is 0 Å². The van der Waals surface area contributed by atoms with Gasteiger partial charge in [-0.05, 0) is 62.5 Å². The van der Waals surface area contributed by atoms with E-state index in [1.54, 1.807) is 12.5 Å². The van der Waals surface area contributed by atoms with Crippen LogP contribution in [0.1, 0.15) is 55.9 Å². The molecule has 0 saturated carbocycles. The Labute approximate surface area is 155 Å². The van der Waals surface area contributed by atoms with Gasteiger partial charge in [0.15, 0.2) is 0 Å². The zero-order valence-electron chi connectivity index (χ0n) is 15.4. The largest absolute Gasteiger partial charge is 0.468 e. The number of hydrogen-bond acceptors (Lipinski definition) is 4. The number of rotatable bonds is 8. The van der Waals surface area contributed by atoms with Crippen LogP contribution in [0.3, 0.4) is 0 Å². The number of pyridine rings is 1. The van der Waals surface area contributed by atoms with Crippen molar-refractivity contribution in [2.45, 2.75) is 51.0 Å². The first kappa shape index (κ1) is 18.6. The molecule has 140 valence electrons. The lowest BCUT2D eigenvalue weighted by atomic mass is 10.1. The Morgan fingerprint density at radius 1 is 1.19 bits per heavy atom. The van der Waals surface area contributed by atoms with Crippen molar-refractivity contribution in [3.05, 3.63) is 54.2 Å². The summed E-state index contributed by atoms with van der Waals surface area (Å²) in [7, 11) is 0. The third kappa shape index (κ3) is 5.70. The van der Waals surface area contributed by atoms with Crippen LogP contribution in [0, 0.1) is 0 Å². The molecule has 5 heteroatoms. The lowest BCUT2D eigenvalue weighted by Gasteiger charge is -2.29. The van der Waals surface area contributed by atoms with Crippen LogP contribution in [0.5, 0.6) is 0 Å². The zero-order valence-corrected chi connectivity index (χ0v) is 15.4. The molecule has 1 aliphatic heterocycles. The molecule has 0 spiro atoms. The number of carbonyl (C=O) groups is 1. The number of aryl methyl sites for hydroxylation is 1. The van der Waals surface area contributed by atoms with Gasteiger partial charge in [-0.2, -0.15) is 0 Å². The second-order valence-electron chi connectivity index (χ2n) is 7.00. The fourth-order valence-corrected chi connectivity index (χ4v) is 3.60. The van der Waals surface area contributed by atoms with E-state index in [2.05, 4.69) is 21.3 Å². The second kappa shape index (κ2) is 10.1. The quantitative estimate of drug-likeness (QED) is 0.784. The fraction of sp³-hybridized carbons (Fsp3) is 0.524. The number of carbonyl (C=O) groups excluding carboxylic acids is 1. The van der Waals surface area contributed by atoms with Crippen LogP contribution in [0.15, 0.2) is 47.3 Å². The van der Waals surface area contributed by atoms with Crippen molar-refractivity contribution in [2.75, 3.05) is 19.6 Å². The van der Waals surface area contributed by atoms with Crippen LogP contribution < -0.4 is 5.32 Å². The van der Waals surface area contributed by atoms with Crippen LogP contribution in [0.2, 0.25) is 0 Å². The molecule has 0 aromatic carbocycles. The van der Waals surface area contributed by atoms with Crippen LogP contribution in [-0.4, -0.2) is 35.4 Å². The number of likely N-dealkylation sites (tertiary alicyclic amines) is 1. The van der Waals surface area contributed by atoms with Gasteiger partial charge in [0.2, 0.25) is 5.91 Å². The summed E-state index contributed by atoms with van der Waals surface area (Å²) in [4.78, 5) is 18.9. The number of amides is 1. The molecule has 0 aliphatic carbocycles. The van der Waals surface area contributed by atoms with E-state index in [1.165, 1.54) is 31.2 Å². The SMILES string of the molecule is O=C(CCCc1cccnc1)NCC(c1ccco1)N1CCCCCC1. The van der Waals surface area contributed by atoms with E-state index in [1.807, 2.05) is 24.4 Å². The van der Waals surface area contributed by atoms with E-state index in [9.17, 15) is 4.79 Å². The van der Waals surface area contributed by atoms with Crippen LogP contribution >= 0.6 is 0 Å². The van der Waals surface area contributed by atoms with Crippen molar-refractivity contribution >= 4 is 5.91 Å². The number of nitrogens with one attached hydrogen (secondary N) is 1. The number of nitrogens with zero attached hydrogens (tertiary/aromatic N) is 2. The summed E-state index contributed by atoms with van der Waals surface area (Å²) < 4.78 is 5.66. The minimum Gasteiger partial charge on any atom is -0.468 e. The highest BCUT2D eigenvalue weighted by atomic mass is 16.3. The van der Waals surface area contributed by atoms with Gasteiger partial charge in [0.25, 0.3) is 0 Å². The Bertz CT molecular complexity index is 635. The Morgan fingerprint density at radius 2 is 2.04 bits per heavy atom. The Kier molecular flexibility index (Phi) is 7.25. The van der Waals surface area contributed by atoms with Crippen LogP contribution in [0.25, 0.3) is 0 Å². The third-order valence-corrected chi connectivity index (χ3v) is 5.04. The average molecular weight is 355 g/mol. The lowest BCUT2D eigenvalue weighted by Crippen LogP contribution is -2.38. The molecular weight excluding hydrogens is 326 g/mol. The second-order valence-corrected chi connectivity index (χ2v) is 7.00. The summed E-state index contributed by atoms with van der Waals surface area (Å²) in [5, 5.41) is 3.12. The molecule has 1 unspecified atom stereocenters. The standard InChI is InChI=1S/C21H29N3O2/c25-21(11-5-8-18-9-6-12-22-16-18)23-17-19(20-10-7-15-26-20)24-13-3-1-2-4-14-24/h6-7,9-10,12,15-16,19H,1-5,8,11,13-14,17H2,(H,23,25). The highest BCUT2D eigenvalue weighted by Crippen LogP contribution is 2.24. The highest BCUT2D eigenvalue weighted by Gasteiger charge is 2.24. The van der Waals surface area contributed by atoms with E-state index in [0.717, 1.165) is 31.7 Å². The first-order valence-electron chi connectivity index (χ1n) is 9.76. The van der Waals surface area contributed by atoms with Crippen LogP contribution in [0.4, 0.5) is 0 Å². The van der Waals surface area contributed by atoms with Gasteiger partial charge in [-0.3, -0.25) is 14.7 Å². The van der Waals surface area contributed by atoms with Crippen molar-refractivity contribution in [3.8, 4) is 0 Å². The summed E-state index contributed by atoms with van der Waals surface area (Å²) in [5.74, 6) is 1.06. The maximum Gasteiger partial charge on any atom is 0.220 e. The van der Waals surface area contributed by atoms with E-state index in [0.29, 0.717) is 13.0 Å². The molecule has 1 aliphatic rings. The summed E-state index contributed by atoms with van der Waals surface area (Å²) >= 11 is 0. The van der Waals surface area contributed by atoms with Gasteiger partial charge in [0.05, 0.1) is 12.3 Å². The van der Waals surface area contributed by atoms with E-state index in [-0.39, 0.29) is 11.9 Å². The summed E-state index contributed by atoms with van der Waals surface area (Å²) in [6.07, 6.45) is 12.6. The van der Waals surface area contributed by atoms with Gasteiger partial charge in [-0.1, -0.05) is 18.9 Å². The Hall–Kier alpha value is -2.14. The van der Waals surface area contributed by atoms with Crippen LogP contribution in [-0.2, 0) is 11.2 Å². The molecule has 2 aromatic heterocycles. The maximum absolute atomic E-state index is 12.3. The van der Waals surface area contributed by atoms with Crippen molar-refractivity contribution in [3.63, 3.8) is 0 Å². The smallest absolute Gasteiger partial charge is 0.220 e. The molecule has 0 radical (unpaired) electrons. The highest BCUT2D eigenvalue weighted by molar-refractivity contribution is 5.75. The maximum atomic E-state index is 12.3. The molecule has 1 N–H and O–H groups in total. The van der Waals surface area contributed by atoms with Gasteiger partial charge in [0, 0.05) is 25.4 Å². The van der Waals surface area contributed by atoms with Crippen molar-refractivity contribution in [1.29, 1.82) is 0 Å². The summed E-state index contributed by atoms with van der Waals surface area (Å²) in [6, 6.07) is 8.06. The molecule has 1 fully saturated rings. The molecule has 2 aromatic rings. The fourth-order valence-electron chi connectivity index (χ4n) is 3.60. The zero-order chi connectivity index (χ0) is 18.0. The third-order valence-electron chi connectivity index (χ3n) is 5.04. The predicted octanol–water partition coefficient (Wildman–Crippen LogP) is 3.73. The molecule has 3 heterocycles. The molecule has 1 amide bonds. The minimum absolute atomic E-state index is 0.111.